The molecule has 3 rings (SSSR count). The van der Waals surface area contributed by atoms with Gasteiger partial charge in [0.15, 0.2) is 0 Å². The van der Waals surface area contributed by atoms with Crippen LogP contribution < -0.4 is 10.2 Å². The van der Waals surface area contributed by atoms with Crippen LogP contribution in [-0.4, -0.2) is 25.5 Å². The quantitative estimate of drug-likeness (QED) is 0.902. The Balaban J connectivity index is 1.49. The number of nitrogens with zero attached hydrogens (tertiary/aromatic N) is 1. The summed E-state index contributed by atoms with van der Waals surface area (Å²) in [6.45, 7) is 2.88. The van der Waals surface area contributed by atoms with Crippen LogP contribution in [0.1, 0.15) is 32.6 Å². The minimum absolute atomic E-state index is 0.288. The van der Waals surface area contributed by atoms with Gasteiger partial charge in [0.1, 0.15) is 0 Å². The molecule has 1 N–H and O–H groups in total. The maximum absolute atomic E-state index is 12.4. The highest BCUT2D eigenvalue weighted by molar-refractivity contribution is 5.79. The fourth-order valence-corrected chi connectivity index (χ4v) is 4.00. The van der Waals surface area contributed by atoms with E-state index in [4.69, 9.17) is 0 Å². The van der Waals surface area contributed by atoms with Crippen molar-refractivity contribution in [3.8, 4) is 0 Å². The van der Waals surface area contributed by atoms with E-state index in [0.29, 0.717) is 12.0 Å². The van der Waals surface area contributed by atoms with Gasteiger partial charge in [0.2, 0.25) is 5.91 Å². The molecule has 1 aromatic rings. The van der Waals surface area contributed by atoms with Crippen molar-refractivity contribution in [1.29, 1.82) is 0 Å². The molecule has 1 amide bonds. The summed E-state index contributed by atoms with van der Waals surface area (Å²) < 4.78 is 0. The Bertz CT molecular complexity index is 487. The van der Waals surface area contributed by atoms with E-state index >= 15 is 0 Å². The third-order valence-corrected chi connectivity index (χ3v) is 5.47. The number of hydrogen-bond acceptors (Lipinski definition) is 2. The molecule has 0 saturated heterocycles. The van der Waals surface area contributed by atoms with Crippen molar-refractivity contribution in [1.82, 2.24) is 5.32 Å². The molecule has 0 aliphatic heterocycles. The Hall–Kier alpha value is -1.51. The minimum Gasteiger partial charge on any atom is -0.370 e. The molecule has 2 saturated carbocycles. The number of fused-ring (bicyclic) bond motifs is 2. The largest absolute Gasteiger partial charge is 0.370 e. The molecule has 2 fully saturated rings. The van der Waals surface area contributed by atoms with Crippen molar-refractivity contribution < 1.29 is 4.79 Å². The smallest absolute Gasteiger partial charge is 0.223 e. The summed E-state index contributed by atoms with van der Waals surface area (Å²) in [5.41, 5.74) is 1.19. The highest BCUT2D eigenvalue weighted by atomic mass is 16.1. The SMILES string of the molecule is CC(CNC(=O)C1CC2CCC1C2)N(C)c1ccccc1. The monoisotopic (exact) mass is 286 g/mol. The molecule has 3 heteroatoms. The van der Waals surface area contributed by atoms with E-state index in [0.717, 1.165) is 18.9 Å². The van der Waals surface area contributed by atoms with E-state index in [1.807, 2.05) is 18.2 Å². The van der Waals surface area contributed by atoms with Gasteiger partial charge >= 0.3 is 0 Å². The maximum Gasteiger partial charge on any atom is 0.223 e. The molecule has 4 unspecified atom stereocenters. The predicted molar refractivity (Wildman–Crippen MR) is 86.3 cm³/mol. The van der Waals surface area contributed by atoms with Gasteiger partial charge in [0.05, 0.1) is 0 Å². The van der Waals surface area contributed by atoms with E-state index in [9.17, 15) is 4.79 Å². The molecule has 0 spiro atoms. The number of anilines is 1. The molecule has 21 heavy (non-hydrogen) atoms. The number of likely N-dealkylation sites (N-methyl/N-ethyl adjacent to an activating group) is 1. The Morgan fingerprint density at radius 2 is 2.05 bits per heavy atom. The average Bonchev–Trinajstić information content (AvgIpc) is 3.15. The first-order valence-electron chi connectivity index (χ1n) is 8.20. The number of nitrogens with one attached hydrogen (secondary N) is 1. The predicted octanol–water partition coefficient (Wildman–Crippen LogP) is 3.06. The number of amides is 1. The van der Waals surface area contributed by atoms with Crippen LogP contribution in [0.3, 0.4) is 0 Å². The molecular weight excluding hydrogens is 260 g/mol. The van der Waals surface area contributed by atoms with Gasteiger partial charge in [-0.05, 0) is 50.2 Å². The summed E-state index contributed by atoms with van der Waals surface area (Å²) in [4.78, 5) is 14.6. The number of carbonyl (C=O) groups is 1. The van der Waals surface area contributed by atoms with E-state index in [1.54, 1.807) is 0 Å². The second-order valence-electron chi connectivity index (χ2n) is 6.82. The van der Waals surface area contributed by atoms with E-state index in [2.05, 4.69) is 36.3 Å². The fraction of sp³-hybridized carbons (Fsp3) is 0.611. The Morgan fingerprint density at radius 3 is 2.67 bits per heavy atom. The van der Waals surface area contributed by atoms with Gasteiger partial charge in [-0.3, -0.25) is 4.79 Å². The van der Waals surface area contributed by atoms with Gasteiger partial charge < -0.3 is 10.2 Å². The summed E-state index contributed by atoms with van der Waals surface area (Å²) in [6, 6.07) is 10.6. The van der Waals surface area contributed by atoms with Crippen molar-refractivity contribution in [3.05, 3.63) is 30.3 Å². The number of para-hydroxylation sites is 1. The third kappa shape index (κ3) is 3.07. The first kappa shape index (κ1) is 14.4. The first-order valence-corrected chi connectivity index (χ1v) is 8.20. The van der Waals surface area contributed by atoms with Crippen LogP contribution in [0.4, 0.5) is 5.69 Å². The molecule has 1 aromatic carbocycles. The number of benzene rings is 1. The lowest BCUT2D eigenvalue weighted by Crippen LogP contribution is -2.43. The zero-order chi connectivity index (χ0) is 14.8. The lowest BCUT2D eigenvalue weighted by atomic mass is 9.88. The molecule has 3 nitrogen and oxygen atoms in total. The average molecular weight is 286 g/mol. The molecule has 4 atom stereocenters. The van der Waals surface area contributed by atoms with E-state index in [1.165, 1.54) is 24.9 Å². The third-order valence-electron chi connectivity index (χ3n) is 5.47. The maximum atomic E-state index is 12.4. The zero-order valence-corrected chi connectivity index (χ0v) is 13.1. The van der Waals surface area contributed by atoms with E-state index < -0.39 is 0 Å². The zero-order valence-electron chi connectivity index (χ0n) is 13.1. The topological polar surface area (TPSA) is 32.3 Å². The second-order valence-corrected chi connectivity index (χ2v) is 6.82. The second kappa shape index (κ2) is 6.08. The minimum atomic E-state index is 0.288. The summed E-state index contributed by atoms with van der Waals surface area (Å²) in [6.07, 6.45) is 5.03. The molecule has 0 radical (unpaired) electrons. The van der Waals surface area contributed by atoms with Crippen LogP contribution in [0.2, 0.25) is 0 Å². The molecule has 2 bridgehead atoms. The Morgan fingerprint density at radius 1 is 1.29 bits per heavy atom. The number of rotatable bonds is 5. The lowest BCUT2D eigenvalue weighted by molar-refractivity contribution is -0.126. The molecule has 2 aliphatic rings. The molecule has 0 aromatic heterocycles. The molecule has 2 aliphatic carbocycles. The van der Waals surface area contributed by atoms with Crippen molar-refractivity contribution >= 4 is 11.6 Å². The summed E-state index contributed by atoms with van der Waals surface area (Å²) in [5.74, 6) is 2.07. The highest BCUT2D eigenvalue weighted by Gasteiger charge is 2.42. The number of hydrogen-bond donors (Lipinski definition) is 1. The van der Waals surface area contributed by atoms with Gasteiger partial charge in [-0.1, -0.05) is 24.6 Å². The van der Waals surface area contributed by atoms with E-state index in [-0.39, 0.29) is 11.8 Å². The van der Waals surface area contributed by atoms with Crippen LogP contribution in [0, 0.1) is 17.8 Å². The standard InChI is InChI=1S/C18H26N2O/c1-13(20(2)16-6-4-3-5-7-16)12-19-18(21)17-11-14-8-9-15(17)10-14/h3-7,13-15,17H,8-12H2,1-2H3,(H,19,21). The summed E-state index contributed by atoms with van der Waals surface area (Å²) >= 11 is 0. The van der Waals surface area contributed by atoms with Crippen molar-refractivity contribution in [2.75, 3.05) is 18.5 Å². The normalized spacial score (nSPS) is 28.4. The summed E-state index contributed by atoms with van der Waals surface area (Å²) in [7, 11) is 2.09. The van der Waals surface area contributed by atoms with Crippen molar-refractivity contribution in [3.63, 3.8) is 0 Å². The molecular formula is C18H26N2O. The summed E-state index contributed by atoms with van der Waals surface area (Å²) in [5, 5.41) is 3.18. The lowest BCUT2D eigenvalue weighted by Gasteiger charge is -2.28. The van der Waals surface area contributed by atoms with Gasteiger partial charge in [-0.15, -0.1) is 0 Å². The Labute approximate surface area is 127 Å². The van der Waals surface area contributed by atoms with Gasteiger partial charge in [-0.2, -0.15) is 0 Å². The number of carbonyl (C=O) groups excluding carboxylic acids is 1. The fourth-order valence-electron chi connectivity index (χ4n) is 4.00. The van der Waals surface area contributed by atoms with Gasteiger partial charge in [0.25, 0.3) is 0 Å². The highest BCUT2D eigenvalue weighted by Crippen LogP contribution is 2.48. The van der Waals surface area contributed by atoms with Crippen LogP contribution in [0.5, 0.6) is 0 Å². The van der Waals surface area contributed by atoms with Crippen LogP contribution in [0.15, 0.2) is 30.3 Å². The van der Waals surface area contributed by atoms with Crippen LogP contribution in [0.25, 0.3) is 0 Å². The molecule has 0 heterocycles. The van der Waals surface area contributed by atoms with Crippen LogP contribution in [-0.2, 0) is 4.79 Å². The van der Waals surface area contributed by atoms with Gasteiger partial charge in [-0.25, -0.2) is 0 Å². The Kier molecular flexibility index (Phi) is 4.18. The molecule has 114 valence electrons. The van der Waals surface area contributed by atoms with Crippen LogP contribution >= 0.6 is 0 Å². The first-order chi connectivity index (χ1) is 10.1. The van der Waals surface area contributed by atoms with Crippen molar-refractivity contribution in [2.45, 2.75) is 38.6 Å². The van der Waals surface area contributed by atoms with Crippen molar-refractivity contribution in [2.24, 2.45) is 17.8 Å². The van der Waals surface area contributed by atoms with Gasteiger partial charge in [0, 0.05) is 31.2 Å².